The molecule has 1 aromatic rings. The van der Waals surface area contributed by atoms with Gasteiger partial charge in [-0.25, -0.2) is 0 Å². The normalized spacial score (nSPS) is 9.62. The molecule has 3 nitrogen and oxygen atoms in total. The molecule has 1 aromatic carbocycles. The predicted molar refractivity (Wildman–Crippen MR) is 52.3 cm³/mol. The van der Waals surface area contributed by atoms with Crippen LogP contribution in [0.5, 0.6) is 0 Å². The Hall–Kier alpha value is -1.35. The quantitative estimate of drug-likeness (QED) is 0.759. The molecule has 0 aromatic heterocycles. The highest BCUT2D eigenvalue weighted by Crippen LogP contribution is 1.96. The van der Waals surface area contributed by atoms with Crippen LogP contribution in [-0.4, -0.2) is 19.6 Å². The molecular weight excluding hydrogens is 166 g/mol. The summed E-state index contributed by atoms with van der Waals surface area (Å²) in [4.78, 5) is 11.0. The van der Waals surface area contributed by atoms with Gasteiger partial charge >= 0.3 is 0 Å². The zero-order valence-electron chi connectivity index (χ0n) is 7.62. The van der Waals surface area contributed by atoms with Crippen LogP contribution in [0.2, 0.25) is 0 Å². The van der Waals surface area contributed by atoms with Crippen molar-refractivity contribution in [1.29, 1.82) is 0 Å². The molecule has 0 saturated carbocycles. The van der Waals surface area contributed by atoms with E-state index in [0.717, 1.165) is 5.56 Å². The Morgan fingerprint density at radius 3 is 2.77 bits per heavy atom. The summed E-state index contributed by atoms with van der Waals surface area (Å²) in [6.45, 7) is 0.676. The number of carbonyl (C=O) groups excluding carboxylic acids is 1. The molecule has 0 aliphatic heterocycles. The molecular formula is C10H15NO2. The zero-order valence-corrected chi connectivity index (χ0v) is 7.62. The summed E-state index contributed by atoms with van der Waals surface area (Å²) in [5.41, 5.74) is 1.09. The molecule has 3 heteroatoms. The van der Waals surface area contributed by atoms with Gasteiger partial charge in [-0.3, -0.25) is 4.79 Å². The first-order valence-electron chi connectivity index (χ1n) is 4.12. The lowest BCUT2D eigenvalue weighted by molar-refractivity contribution is -0.124. The second kappa shape index (κ2) is 5.32. The van der Waals surface area contributed by atoms with Crippen molar-refractivity contribution >= 4 is 5.91 Å². The van der Waals surface area contributed by atoms with Crippen molar-refractivity contribution in [2.75, 3.05) is 13.7 Å². The van der Waals surface area contributed by atoms with E-state index in [1.165, 1.54) is 7.11 Å². The molecule has 0 bridgehead atoms. The molecule has 0 radical (unpaired) electrons. The average molecular weight is 182 g/mol. The van der Waals surface area contributed by atoms with Crippen molar-refractivity contribution in [3.05, 3.63) is 35.9 Å². The molecule has 1 N–H and O–H groups in total. The van der Waals surface area contributed by atoms with E-state index in [2.05, 4.69) is 10.1 Å². The minimum absolute atomic E-state index is 0. The van der Waals surface area contributed by atoms with Gasteiger partial charge in [-0.15, -0.1) is 0 Å². The number of ether oxygens (including phenoxy) is 1. The standard InChI is InChI=1S/C10H13NO2.H2/c1-13-8-10(12)11-7-9-5-3-2-4-6-9;/h2-6H,7-8H2,1H3,(H,11,12);1H/i;1+1. The van der Waals surface area contributed by atoms with Gasteiger partial charge < -0.3 is 10.1 Å². The number of amides is 1. The van der Waals surface area contributed by atoms with Crippen LogP contribution in [0.3, 0.4) is 0 Å². The molecule has 0 atom stereocenters. The maximum Gasteiger partial charge on any atom is 0.246 e. The molecule has 13 heavy (non-hydrogen) atoms. The summed E-state index contributed by atoms with van der Waals surface area (Å²) in [7, 11) is 1.50. The van der Waals surface area contributed by atoms with Gasteiger partial charge in [-0.1, -0.05) is 30.3 Å². The largest absolute Gasteiger partial charge is 0.375 e. The van der Waals surface area contributed by atoms with Crippen molar-refractivity contribution < 1.29 is 11.0 Å². The van der Waals surface area contributed by atoms with Gasteiger partial charge in [0, 0.05) is 15.1 Å². The molecule has 1 amide bonds. The fourth-order valence-corrected chi connectivity index (χ4v) is 0.979. The summed E-state index contributed by atoms with van der Waals surface area (Å²) in [5, 5.41) is 2.74. The molecule has 72 valence electrons. The number of rotatable bonds is 4. The third kappa shape index (κ3) is 3.71. The van der Waals surface area contributed by atoms with Crippen molar-refractivity contribution in [2.45, 2.75) is 6.54 Å². The predicted octanol–water partition coefficient (Wildman–Crippen LogP) is 1.20. The Labute approximate surface area is 79.2 Å². The first-order chi connectivity index (χ1) is 6.33. The molecule has 0 fully saturated rings. The van der Waals surface area contributed by atoms with Gasteiger partial charge in [0.05, 0.1) is 0 Å². The molecule has 1 rings (SSSR count). The highest BCUT2D eigenvalue weighted by molar-refractivity contribution is 5.77. The van der Waals surface area contributed by atoms with Crippen LogP contribution in [0, 0.1) is 0 Å². The molecule has 0 aliphatic rings. The van der Waals surface area contributed by atoms with E-state index in [9.17, 15) is 4.79 Å². The van der Waals surface area contributed by atoms with E-state index in [1.54, 1.807) is 0 Å². The topological polar surface area (TPSA) is 38.3 Å². The van der Waals surface area contributed by atoms with Crippen LogP contribution in [0.4, 0.5) is 0 Å². The third-order valence-electron chi connectivity index (χ3n) is 1.61. The first kappa shape index (κ1) is 9.74. The molecule has 0 aliphatic carbocycles. The highest BCUT2D eigenvalue weighted by atomic mass is 16.5. The summed E-state index contributed by atoms with van der Waals surface area (Å²) in [6, 6.07) is 9.76. The van der Waals surface area contributed by atoms with Crippen molar-refractivity contribution in [3.8, 4) is 0 Å². The van der Waals surface area contributed by atoms with Crippen LogP contribution in [-0.2, 0) is 16.1 Å². The summed E-state index contributed by atoms with van der Waals surface area (Å²) >= 11 is 0. The van der Waals surface area contributed by atoms with E-state index in [4.69, 9.17) is 0 Å². The van der Waals surface area contributed by atoms with E-state index >= 15 is 0 Å². The Balaban J connectivity index is 0.00000169. The van der Waals surface area contributed by atoms with E-state index in [-0.39, 0.29) is 13.9 Å². The lowest BCUT2D eigenvalue weighted by atomic mass is 10.2. The number of hydrogen-bond acceptors (Lipinski definition) is 2. The molecule has 0 unspecified atom stereocenters. The summed E-state index contributed by atoms with van der Waals surface area (Å²) in [6.07, 6.45) is 0. The van der Waals surface area contributed by atoms with Crippen LogP contribution in [0.15, 0.2) is 30.3 Å². The van der Waals surface area contributed by atoms with Crippen molar-refractivity contribution in [2.24, 2.45) is 0 Å². The number of carbonyl (C=O) groups is 1. The summed E-state index contributed by atoms with van der Waals surface area (Å²) in [5.74, 6) is -0.0913. The number of hydrogen-bond donors (Lipinski definition) is 1. The SMILES string of the molecule is COCC(=O)NCc1ccccc1.[2HH]. The minimum atomic E-state index is -0.0913. The van der Waals surface area contributed by atoms with Gasteiger partial charge in [0.1, 0.15) is 6.61 Å². The van der Waals surface area contributed by atoms with Gasteiger partial charge in [0.15, 0.2) is 0 Å². The second-order valence-electron chi connectivity index (χ2n) is 2.70. The van der Waals surface area contributed by atoms with Crippen LogP contribution >= 0.6 is 0 Å². The monoisotopic (exact) mass is 182 g/mol. The first-order valence-corrected chi connectivity index (χ1v) is 4.12. The lowest BCUT2D eigenvalue weighted by Crippen LogP contribution is -2.26. The van der Waals surface area contributed by atoms with E-state index in [0.29, 0.717) is 6.54 Å². The van der Waals surface area contributed by atoms with Crippen LogP contribution in [0.25, 0.3) is 0 Å². The fraction of sp³-hybridized carbons (Fsp3) is 0.300. The van der Waals surface area contributed by atoms with Gasteiger partial charge in [0.25, 0.3) is 0 Å². The lowest BCUT2D eigenvalue weighted by Gasteiger charge is -2.03. The van der Waals surface area contributed by atoms with Gasteiger partial charge in [-0.05, 0) is 5.56 Å². The maximum atomic E-state index is 11.0. The summed E-state index contributed by atoms with van der Waals surface area (Å²) < 4.78 is 4.68. The third-order valence-corrected chi connectivity index (χ3v) is 1.61. The Bertz CT molecular complexity index is 264. The van der Waals surface area contributed by atoms with E-state index < -0.39 is 0 Å². The molecule has 0 spiro atoms. The number of methoxy groups -OCH3 is 1. The zero-order chi connectivity index (χ0) is 9.52. The van der Waals surface area contributed by atoms with Crippen molar-refractivity contribution in [3.63, 3.8) is 0 Å². The number of nitrogens with one attached hydrogen (secondary N) is 1. The van der Waals surface area contributed by atoms with Gasteiger partial charge in [0.2, 0.25) is 5.91 Å². The smallest absolute Gasteiger partial charge is 0.246 e. The van der Waals surface area contributed by atoms with Crippen molar-refractivity contribution in [1.82, 2.24) is 5.32 Å². The van der Waals surface area contributed by atoms with Crippen LogP contribution < -0.4 is 5.32 Å². The van der Waals surface area contributed by atoms with Gasteiger partial charge in [-0.2, -0.15) is 0 Å². The number of benzene rings is 1. The second-order valence-corrected chi connectivity index (χ2v) is 2.70. The Morgan fingerprint density at radius 1 is 1.46 bits per heavy atom. The Kier molecular flexibility index (Phi) is 3.99. The molecule has 0 heterocycles. The maximum absolute atomic E-state index is 11.0. The average Bonchev–Trinajstić information content (AvgIpc) is 2.17. The van der Waals surface area contributed by atoms with Crippen LogP contribution in [0.1, 0.15) is 6.99 Å². The minimum Gasteiger partial charge on any atom is -0.375 e. The molecule has 0 saturated heterocycles. The fourth-order valence-electron chi connectivity index (χ4n) is 0.979. The Morgan fingerprint density at radius 2 is 2.15 bits per heavy atom. The van der Waals surface area contributed by atoms with E-state index in [1.807, 2.05) is 30.3 Å². The highest BCUT2D eigenvalue weighted by Gasteiger charge is 1.98.